The predicted octanol–water partition coefficient (Wildman–Crippen LogP) is 3.11. The molecule has 28 heavy (non-hydrogen) atoms. The number of carbonyl (C=O) groups excluding carboxylic acids is 1. The second kappa shape index (κ2) is 13.0. The van der Waals surface area contributed by atoms with Crippen LogP contribution in [0.4, 0.5) is 0 Å². The Bertz CT molecular complexity index is 625. The fourth-order valence-electron chi connectivity index (χ4n) is 2.45. The lowest BCUT2D eigenvalue weighted by molar-refractivity contribution is -0.121. The summed E-state index contributed by atoms with van der Waals surface area (Å²) in [6.45, 7) is 14.7. The molecule has 0 fully saturated rings. The molecule has 0 bridgehead atoms. The zero-order valence-corrected chi connectivity index (χ0v) is 20.8. The van der Waals surface area contributed by atoms with E-state index in [4.69, 9.17) is 0 Å². The number of carbonyl (C=O) groups is 1. The number of nitrogens with one attached hydrogen (secondary N) is 3. The van der Waals surface area contributed by atoms with E-state index < -0.39 is 0 Å². The maximum absolute atomic E-state index is 12.0. The van der Waals surface area contributed by atoms with Crippen molar-refractivity contribution in [2.75, 3.05) is 20.1 Å². The van der Waals surface area contributed by atoms with Crippen molar-refractivity contribution in [2.24, 2.45) is 4.99 Å². The molecule has 0 aliphatic heterocycles. The molecule has 0 aliphatic carbocycles. The molecule has 7 heteroatoms. The summed E-state index contributed by atoms with van der Waals surface area (Å²) in [4.78, 5) is 19.0. The van der Waals surface area contributed by atoms with E-state index >= 15 is 0 Å². The van der Waals surface area contributed by atoms with Crippen molar-refractivity contribution in [2.45, 2.75) is 66.2 Å². The Kier molecular flexibility index (Phi) is 12.4. The van der Waals surface area contributed by atoms with Gasteiger partial charge < -0.3 is 16.0 Å². The van der Waals surface area contributed by atoms with Crippen LogP contribution in [-0.2, 0) is 17.9 Å². The van der Waals surface area contributed by atoms with Crippen molar-refractivity contribution in [3.8, 4) is 0 Å². The third kappa shape index (κ3) is 10.8. The monoisotopic (exact) mass is 503 g/mol. The highest BCUT2D eigenvalue weighted by Crippen LogP contribution is 2.13. The van der Waals surface area contributed by atoms with Crippen molar-refractivity contribution in [1.82, 2.24) is 20.9 Å². The molecule has 160 valence electrons. The van der Waals surface area contributed by atoms with E-state index in [0.29, 0.717) is 18.5 Å². The Morgan fingerprint density at radius 3 is 2.29 bits per heavy atom. The van der Waals surface area contributed by atoms with Crippen LogP contribution in [0.25, 0.3) is 0 Å². The van der Waals surface area contributed by atoms with Gasteiger partial charge in [-0.2, -0.15) is 0 Å². The Labute approximate surface area is 188 Å². The first-order valence-corrected chi connectivity index (χ1v) is 9.72. The molecule has 1 amide bonds. The van der Waals surface area contributed by atoms with E-state index in [1.54, 1.807) is 0 Å². The van der Waals surface area contributed by atoms with Gasteiger partial charge in [0, 0.05) is 24.7 Å². The Morgan fingerprint density at radius 1 is 1.14 bits per heavy atom. The first kappa shape index (κ1) is 26.6. The zero-order chi connectivity index (χ0) is 20.4. The molecule has 1 rings (SSSR count). The molecule has 3 N–H and O–H groups in total. The van der Waals surface area contributed by atoms with Crippen LogP contribution in [0.3, 0.4) is 0 Å². The van der Waals surface area contributed by atoms with Gasteiger partial charge in [-0.15, -0.1) is 24.0 Å². The topological polar surface area (TPSA) is 68.8 Å². The summed E-state index contributed by atoms with van der Waals surface area (Å²) < 4.78 is 0. The van der Waals surface area contributed by atoms with Gasteiger partial charge in [0.05, 0.1) is 13.1 Å². The van der Waals surface area contributed by atoms with Gasteiger partial charge in [-0.1, -0.05) is 24.3 Å². The number of benzene rings is 1. The molecule has 1 aromatic carbocycles. The van der Waals surface area contributed by atoms with Gasteiger partial charge >= 0.3 is 0 Å². The smallest absolute Gasteiger partial charge is 0.239 e. The van der Waals surface area contributed by atoms with Gasteiger partial charge in [0.2, 0.25) is 5.91 Å². The van der Waals surface area contributed by atoms with E-state index in [2.05, 4.69) is 64.9 Å². The Balaban J connectivity index is 0.00000729. The average Bonchev–Trinajstić information content (AvgIpc) is 2.56. The molecule has 0 heterocycles. The van der Waals surface area contributed by atoms with Crippen LogP contribution >= 0.6 is 24.0 Å². The highest BCUT2D eigenvalue weighted by Gasteiger charge is 2.14. The fraction of sp³-hybridized carbons (Fsp3) is 0.619. The maximum Gasteiger partial charge on any atom is 0.239 e. The number of hydrogen-bond acceptors (Lipinski definition) is 3. The van der Waals surface area contributed by atoms with E-state index in [1.165, 1.54) is 11.1 Å². The van der Waals surface area contributed by atoms with Crippen molar-refractivity contribution in [3.05, 3.63) is 35.4 Å². The van der Waals surface area contributed by atoms with E-state index in [0.717, 1.165) is 13.1 Å². The normalized spacial score (nSPS) is 12.0. The molecule has 0 spiro atoms. The minimum atomic E-state index is -0.240. The van der Waals surface area contributed by atoms with Crippen molar-refractivity contribution < 1.29 is 4.79 Å². The fourth-order valence-corrected chi connectivity index (χ4v) is 2.45. The van der Waals surface area contributed by atoms with E-state index in [9.17, 15) is 4.79 Å². The third-order valence-electron chi connectivity index (χ3n) is 4.10. The Hall–Kier alpha value is -1.35. The minimum absolute atomic E-state index is 0. The quantitative estimate of drug-likeness (QED) is 0.290. The second-order valence-electron chi connectivity index (χ2n) is 8.12. The van der Waals surface area contributed by atoms with E-state index in [1.807, 2.05) is 33.8 Å². The van der Waals surface area contributed by atoms with Gasteiger partial charge in [0.25, 0.3) is 0 Å². The Morgan fingerprint density at radius 2 is 1.75 bits per heavy atom. The van der Waals surface area contributed by atoms with Crippen molar-refractivity contribution >= 4 is 35.8 Å². The summed E-state index contributed by atoms with van der Waals surface area (Å²) in [7, 11) is 2.13. The summed E-state index contributed by atoms with van der Waals surface area (Å²) in [5, 5.41) is 9.25. The first-order chi connectivity index (χ1) is 12.6. The van der Waals surface area contributed by atoms with Crippen molar-refractivity contribution in [1.29, 1.82) is 0 Å². The molecular weight excluding hydrogens is 465 g/mol. The molecular formula is C21H38IN5O. The summed E-state index contributed by atoms with van der Waals surface area (Å²) in [6, 6.07) is 8.86. The molecule has 0 unspecified atom stereocenters. The molecule has 0 aliphatic rings. The molecule has 0 saturated carbocycles. The number of guanidine groups is 1. The van der Waals surface area contributed by atoms with E-state index in [-0.39, 0.29) is 42.0 Å². The van der Waals surface area contributed by atoms with Crippen LogP contribution in [0.1, 0.15) is 52.7 Å². The number of rotatable bonds is 8. The summed E-state index contributed by atoms with van der Waals surface area (Å²) >= 11 is 0. The number of aliphatic imine (C=N–C) groups is 1. The van der Waals surface area contributed by atoms with Gasteiger partial charge in [-0.25, -0.2) is 4.99 Å². The standard InChI is InChI=1S/C21H37N5O.HI/c1-8-22-20(24-14-19(27)25-21(4,5)6)23-13-17-11-9-10-12-18(17)15-26(7)16(2)3;/h9-12,16H,8,13-15H2,1-7H3,(H,25,27)(H2,22,23,24);1H. The molecule has 0 atom stereocenters. The molecule has 0 aromatic heterocycles. The molecule has 1 aromatic rings. The van der Waals surface area contributed by atoms with Crippen molar-refractivity contribution in [3.63, 3.8) is 0 Å². The number of amides is 1. The lowest BCUT2D eigenvalue weighted by Gasteiger charge is -2.22. The summed E-state index contributed by atoms with van der Waals surface area (Å²) in [5.74, 6) is 0.598. The van der Waals surface area contributed by atoms with Gasteiger partial charge in [0.15, 0.2) is 5.96 Å². The zero-order valence-electron chi connectivity index (χ0n) is 18.4. The van der Waals surface area contributed by atoms with Crippen LogP contribution in [0, 0.1) is 0 Å². The third-order valence-corrected chi connectivity index (χ3v) is 4.10. The molecule has 0 radical (unpaired) electrons. The van der Waals surface area contributed by atoms with Crippen LogP contribution < -0.4 is 16.0 Å². The highest BCUT2D eigenvalue weighted by atomic mass is 127. The lowest BCUT2D eigenvalue weighted by Crippen LogP contribution is -2.48. The average molecular weight is 503 g/mol. The van der Waals surface area contributed by atoms with Crippen LogP contribution in [0.2, 0.25) is 0 Å². The van der Waals surface area contributed by atoms with Crippen LogP contribution in [0.5, 0.6) is 0 Å². The van der Waals surface area contributed by atoms with Gasteiger partial charge in [-0.3, -0.25) is 9.69 Å². The largest absolute Gasteiger partial charge is 0.357 e. The number of nitrogens with zero attached hydrogens (tertiary/aromatic N) is 2. The summed E-state index contributed by atoms with van der Waals surface area (Å²) in [5.41, 5.74) is 2.23. The first-order valence-electron chi connectivity index (χ1n) is 9.72. The minimum Gasteiger partial charge on any atom is -0.357 e. The highest BCUT2D eigenvalue weighted by molar-refractivity contribution is 14.0. The lowest BCUT2D eigenvalue weighted by atomic mass is 10.1. The van der Waals surface area contributed by atoms with Gasteiger partial charge in [-0.05, 0) is 59.7 Å². The molecule has 6 nitrogen and oxygen atoms in total. The second-order valence-corrected chi connectivity index (χ2v) is 8.12. The van der Waals surface area contributed by atoms with Crippen LogP contribution in [0.15, 0.2) is 29.3 Å². The summed E-state index contributed by atoms with van der Waals surface area (Å²) in [6.07, 6.45) is 0. The molecule has 0 saturated heterocycles. The maximum atomic E-state index is 12.0. The number of hydrogen-bond donors (Lipinski definition) is 3. The predicted molar refractivity (Wildman–Crippen MR) is 129 cm³/mol. The van der Waals surface area contributed by atoms with Crippen LogP contribution in [-0.4, -0.2) is 48.5 Å². The van der Waals surface area contributed by atoms with Gasteiger partial charge in [0.1, 0.15) is 0 Å². The number of halogens is 1. The SMILES string of the molecule is CCNC(=NCc1ccccc1CN(C)C(C)C)NCC(=O)NC(C)(C)C.I.